The summed E-state index contributed by atoms with van der Waals surface area (Å²) in [5.41, 5.74) is 1.44. The van der Waals surface area contributed by atoms with Gasteiger partial charge in [0.1, 0.15) is 22.9 Å². The highest BCUT2D eigenvalue weighted by Gasteiger charge is 2.26. The molecule has 1 fully saturated rings. The first-order valence-corrected chi connectivity index (χ1v) is 8.97. The van der Waals surface area contributed by atoms with Crippen LogP contribution in [0, 0.1) is 0 Å². The smallest absolute Gasteiger partial charge is 0.313 e. The van der Waals surface area contributed by atoms with Crippen LogP contribution in [0.4, 0.5) is 5.82 Å². The van der Waals surface area contributed by atoms with Gasteiger partial charge < -0.3 is 19.7 Å². The van der Waals surface area contributed by atoms with Crippen molar-refractivity contribution in [2.45, 2.75) is 51.2 Å². The van der Waals surface area contributed by atoms with Gasteiger partial charge in [-0.15, -0.1) is 0 Å². The van der Waals surface area contributed by atoms with Crippen LogP contribution >= 0.6 is 11.6 Å². The number of nitrogens with zero attached hydrogens (tertiary/aromatic N) is 3. The summed E-state index contributed by atoms with van der Waals surface area (Å²) in [6.45, 7) is 2.11. The minimum Gasteiger partial charge on any atom is -0.466 e. The molecule has 0 aliphatic heterocycles. The standard InChI is InChI=1S/C17H23ClN4O3/c1-3-25-15(24)9-14-19-12-8-13(18)20-17(16(12)21-14)22(2)10-4-6-11(23)7-5-10/h8,10-11,23H,3-7,9H2,1-2H3,(H,19,21)/t10-,11-. The van der Waals surface area contributed by atoms with Crippen LogP contribution in [0.5, 0.6) is 0 Å². The molecule has 0 unspecified atom stereocenters. The fourth-order valence-electron chi connectivity index (χ4n) is 3.32. The minimum absolute atomic E-state index is 0.0823. The number of hydrogen-bond acceptors (Lipinski definition) is 6. The maximum Gasteiger partial charge on any atom is 0.313 e. The van der Waals surface area contributed by atoms with Crippen molar-refractivity contribution in [1.29, 1.82) is 0 Å². The zero-order valence-electron chi connectivity index (χ0n) is 14.5. The summed E-state index contributed by atoms with van der Waals surface area (Å²) in [6.07, 6.45) is 3.24. The van der Waals surface area contributed by atoms with E-state index in [0.29, 0.717) is 28.9 Å². The Hall–Kier alpha value is -1.86. The van der Waals surface area contributed by atoms with Crippen molar-refractivity contribution in [3.8, 4) is 0 Å². The van der Waals surface area contributed by atoms with Gasteiger partial charge in [-0.2, -0.15) is 0 Å². The van der Waals surface area contributed by atoms with E-state index in [1.807, 2.05) is 7.05 Å². The monoisotopic (exact) mass is 366 g/mol. The average molecular weight is 367 g/mol. The average Bonchev–Trinajstić information content (AvgIpc) is 2.96. The molecule has 0 radical (unpaired) electrons. The summed E-state index contributed by atoms with van der Waals surface area (Å²) in [4.78, 5) is 25.9. The first kappa shape index (κ1) is 17.9. The molecular formula is C17H23ClN4O3. The number of carbonyl (C=O) groups is 1. The lowest BCUT2D eigenvalue weighted by molar-refractivity contribution is -0.142. The molecule has 0 saturated heterocycles. The van der Waals surface area contributed by atoms with Crippen LogP contribution < -0.4 is 4.90 Å². The molecule has 0 aromatic carbocycles. The van der Waals surface area contributed by atoms with Gasteiger partial charge >= 0.3 is 5.97 Å². The van der Waals surface area contributed by atoms with E-state index >= 15 is 0 Å². The van der Waals surface area contributed by atoms with Gasteiger partial charge in [-0.05, 0) is 32.6 Å². The molecule has 1 aliphatic rings. The van der Waals surface area contributed by atoms with Crippen LogP contribution in [-0.2, 0) is 16.0 Å². The van der Waals surface area contributed by atoms with E-state index < -0.39 is 0 Å². The van der Waals surface area contributed by atoms with Crippen molar-refractivity contribution in [3.63, 3.8) is 0 Å². The Morgan fingerprint density at radius 1 is 1.40 bits per heavy atom. The van der Waals surface area contributed by atoms with Gasteiger partial charge in [-0.25, -0.2) is 9.97 Å². The van der Waals surface area contributed by atoms with Crippen molar-refractivity contribution in [1.82, 2.24) is 15.0 Å². The summed E-state index contributed by atoms with van der Waals surface area (Å²) in [7, 11) is 1.97. The quantitative estimate of drug-likeness (QED) is 0.624. The second kappa shape index (κ2) is 7.58. The fourth-order valence-corrected chi connectivity index (χ4v) is 3.50. The van der Waals surface area contributed by atoms with Gasteiger partial charge in [0.05, 0.1) is 18.2 Å². The Labute approximate surface area is 151 Å². The predicted octanol–water partition coefficient (Wildman–Crippen LogP) is 2.46. The van der Waals surface area contributed by atoms with Gasteiger partial charge in [-0.1, -0.05) is 11.6 Å². The number of carbonyl (C=O) groups excluding carboxylic acids is 1. The number of ether oxygens (including phenoxy) is 1. The van der Waals surface area contributed by atoms with E-state index in [0.717, 1.165) is 31.2 Å². The minimum atomic E-state index is -0.322. The summed E-state index contributed by atoms with van der Waals surface area (Å²) < 4.78 is 4.97. The number of esters is 1. The molecule has 1 aliphatic carbocycles. The maximum atomic E-state index is 11.7. The van der Waals surface area contributed by atoms with Crippen molar-refractivity contribution in [2.75, 3.05) is 18.6 Å². The molecule has 2 aromatic rings. The Balaban J connectivity index is 1.89. The summed E-state index contributed by atoms with van der Waals surface area (Å²) in [6, 6.07) is 1.99. The molecule has 3 rings (SSSR count). The molecule has 2 N–H and O–H groups in total. The van der Waals surface area contributed by atoms with Gasteiger partial charge in [0, 0.05) is 19.2 Å². The third-order valence-electron chi connectivity index (χ3n) is 4.63. The molecule has 7 nitrogen and oxygen atoms in total. The maximum absolute atomic E-state index is 11.7. The number of imidazole rings is 1. The molecule has 1 saturated carbocycles. The van der Waals surface area contributed by atoms with Gasteiger partial charge in [-0.3, -0.25) is 4.79 Å². The molecule has 0 atom stereocenters. The number of aromatic nitrogens is 3. The van der Waals surface area contributed by atoms with E-state index in [1.165, 1.54) is 0 Å². The Kier molecular flexibility index (Phi) is 5.44. The summed E-state index contributed by atoms with van der Waals surface area (Å²) in [5, 5.41) is 10.1. The lowest BCUT2D eigenvalue weighted by Gasteiger charge is -2.33. The number of aliphatic hydroxyl groups is 1. The van der Waals surface area contributed by atoms with Crippen LogP contribution in [0.25, 0.3) is 11.0 Å². The topological polar surface area (TPSA) is 91.3 Å². The van der Waals surface area contributed by atoms with Crippen LogP contribution in [0.3, 0.4) is 0 Å². The lowest BCUT2D eigenvalue weighted by atomic mass is 9.92. The normalized spacial score (nSPS) is 20.6. The number of halogens is 1. The van der Waals surface area contributed by atoms with E-state index in [2.05, 4.69) is 19.9 Å². The van der Waals surface area contributed by atoms with Crippen molar-refractivity contribution >= 4 is 34.4 Å². The van der Waals surface area contributed by atoms with Crippen LogP contribution in [0.1, 0.15) is 38.4 Å². The Morgan fingerprint density at radius 2 is 2.12 bits per heavy atom. The van der Waals surface area contributed by atoms with Gasteiger partial charge in [0.15, 0.2) is 5.82 Å². The number of pyridine rings is 1. The predicted molar refractivity (Wildman–Crippen MR) is 95.9 cm³/mol. The highest BCUT2D eigenvalue weighted by atomic mass is 35.5. The molecule has 0 bridgehead atoms. The first-order chi connectivity index (χ1) is 12.0. The molecule has 136 valence electrons. The van der Waals surface area contributed by atoms with Crippen molar-refractivity contribution < 1.29 is 14.6 Å². The number of hydrogen-bond donors (Lipinski definition) is 2. The molecule has 2 aromatic heterocycles. The number of anilines is 1. The van der Waals surface area contributed by atoms with Gasteiger partial charge in [0.25, 0.3) is 0 Å². The van der Waals surface area contributed by atoms with Crippen LogP contribution in [0.2, 0.25) is 5.15 Å². The highest BCUT2D eigenvalue weighted by molar-refractivity contribution is 6.30. The zero-order valence-corrected chi connectivity index (χ0v) is 15.2. The zero-order chi connectivity index (χ0) is 18.0. The van der Waals surface area contributed by atoms with Gasteiger partial charge in [0.2, 0.25) is 0 Å². The number of H-pyrrole nitrogens is 1. The van der Waals surface area contributed by atoms with E-state index in [4.69, 9.17) is 16.3 Å². The number of aliphatic hydroxyl groups excluding tert-OH is 1. The molecule has 0 spiro atoms. The largest absolute Gasteiger partial charge is 0.466 e. The number of aromatic amines is 1. The lowest BCUT2D eigenvalue weighted by Crippen LogP contribution is -2.37. The third kappa shape index (κ3) is 4.04. The number of rotatable bonds is 5. The third-order valence-corrected chi connectivity index (χ3v) is 4.83. The highest BCUT2D eigenvalue weighted by Crippen LogP contribution is 2.31. The summed E-state index contributed by atoms with van der Waals surface area (Å²) in [5.74, 6) is 0.901. The summed E-state index contributed by atoms with van der Waals surface area (Å²) >= 11 is 6.18. The van der Waals surface area contributed by atoms with E-state index in [9.17, 15) is 9.90 Å². The fraction of sp³-hybridized carbons (Fsp3) is 0.588. The van der Waals surface area contributed by atoms with E-state index in [-0.39, 0.29) is 24.5 Å². The van der Waals surface area contributed by atoms with Crippen LogP contribution in [-0.4, -0.2) is 51.8 Å². The number of nitrogens with one attached hydrogen (secondary N) is 1. The Morgan fingerprint density at radius 3 is 2.80 bits per heavy atom. The second-order valence-corrected chi connectivity index (χ2v) is 6.79. The van der Waals surface area contributed by atoms with Crippen molar-refractivity contribution in [2.24, 2.45) is 0 Å². The molecule has 25 heavy (non-hydrogen) atoms. The van der Waals surface area contributed by atoms with E-state index in [1.54, 1.807) is 13.0 Å². The first-order valence-electron chi connectivity index (χ1n) is 8.59. The molecule has 2 heterocycles. The molecular weight excluding hydrogens is 344 g/mol. The Bertz CT molecular complexity index is 756. The second-order valence-electron chi connectivity index (χ2n) is 6.40. The van der Waals surface area contributed by atoms with Crippen LogP contribution in [0.15, 0.2) is 6.07 Å². The molecule has 0 amide bonds. The molecule has 8 heteroatoms. The van der Waals surface area contributed by atoms with Crippen molar-refractivity contribution in [3.05, 3.63) is 17.0 Å². The SMILES string of the molecule is CCOC(=O)Cc1nc2c(N(C)[C@H]3CC[C@H](O)CC3)nc(Cl)cc2[nH]1. The number of fused-ring (bicyclic) bond motifs is 1.